The summed E-state index contributed by atoms with van der Waals surface area (Å²) in [4.78, 5) is 4.77. The van der Waals surface area contributed by atoms with E-state index in [4.69, 9.17) is 4.98 Å². The largest absolute Gasteiger partial charge is 0.256 e. The van der Waals surface area contributed by atoms with Crippen molar-refractivity contribution >= 4 is 64.0 Å². The van der Waals surface area contributed by atoms with E-state index in [0.717, 1.165) is 5.52 Å². The molecule has 0 amide bonds. The molecule has 0 atom stereocenters. The number of nitrogens with zero attached hydrogens (tertiary/aromatic N) is 1. The molecule has 0 fully saturated rings. The molecule has 2 heterocycles. The minimum absolute atomic E-state index is 1.06. The molecule has 0 bridgehead atoms. The predicted octanol–water partition coefficient (Wildman–Crippen LogP) is 10.2. The van der Waals surface area contributed by atoms with Crippen LogP contribution in [0.1, 0.15) is 0 Å². The van der Waals surface area contributed by atoms with Gasteiger partial charge in [-0.2, -0.15) is 0 Å². The van der Waals surface area contributed by atoms with Gasteiger partial charge in [0.05, 0.1) is 5.52 Å². The first-order chi connectivity index (χ1) is 18.3. The maximum atomic E-state index is 4.77. The minimum atomic E-state index is 1.06. The fraction of sp³-hybridized carbons (Fsp3) is 0. The molecule has 0 saturated carbocycles. The second-order valence-corrected chi connectivity index (χ2v) is 10.6. The number of rotatable bonds is 2. The van der Waals surface area contributed by atoms with Gasteiger partial charge in [0.25, 0.3) is 0 Å². The molecule has 0 unspecified atom stereocenters. The van der Waals surface area contributed by atoms with E-state index in [9.17, 15) is 0 Å². The van der Waals surface area contributed by atoms with E-state index in [1.165, 1.54) is 69.4 Å². The SMILES string of the molecule is c1cc(-c2cccc3c2sc2c4ccccc4ccc32)cc(-c2cccc3ccc4cccnc4c23)c1. The molecule has 0 aliphatic heterocycles. The smallest absolute Gasteiger partial charge is 0.0786 e. The summed E-state index contributed by atoms with van der Waals surface area (Å²) in [7, 11) is 0. The van der Waals surface area contributed by atoms with Crippen LogP contribution < -0.4 is 0 Å². The first-order valence-electron chi connectivity index (χ1n) is 12.6. The molecule has 6 aromatic carbocycles. The maximum Gasteiger partial charge on any atom is 0.0786 e. The van der Waals surface area contributed by atoms with Crippen molar-refractivity contribution < 1.29 is 0 Å². The van der Waals surface area contributed by atoms with Gasteiger partial charge in [-0.25, -0.2) is 0 Å². The maximum absolute atomic E-state index is 4.77. The highest BCUT2D eigenvalue weighted by atomic mass is 32.1. The minimum Gasteiger partial charge on any atom is -0.256 e. The van der Waals surface area contributed by atoms with Gasteiger partial charge in [-0.3, -0.25) is 4.98 Å². The van der Waals surface area contributed by atoms with Crippen molar-refractivity contribution in [1.29, 1.82) is 0 Å². The summed E-state index contributed by atoms with van der Waals surface area (Å²) in [5, 5.41) is 8.88. The zero-order valence-corrected chi connectivity index (χ0v) is 20.8. The summed E-state index contributed by atoms with van der Waals surface area (Å²) in [6, 6.07) is 44.0. The van der Waals surface area contributed by atoms with Gasteiger partial charge in [0.15, 0.2) is 0 Å². The van der Waals surface area contributed by atoms with Crippen molar-refractivity contribution in [1.82, 2.24) is 4.98 Å². The standard InChI is InChI=1S/C35H21NS/c1-2-12-28-22(7-1)18-19-31-30-15-5-14-29(35(30)37-34(28)31)26-10-3-9-25(21-26)27-13-4-8-23-16-17-24-11-6-20-36-33(24)32(23)27/h1-21H. The van der Waals surface area contributed by atoms with E-state index in [1.54, 1.807) is 0 Å². The lowest BCUT2D eigenvalue weighted by Crippen LogP contribution is -1.87. The van der Waals surface area contributed by atoms with E-state index < -0.39 is 0 Å². The molecule has 0 saturated heterocycles. The topological polar surface area (TPSA) is 12.9 Å². The van der Waals surface area contributed by atoms with Crippen molar-refractivity contribution in [3.8, 4) is 22.3 Å². The second kappa shape index (κ2) is 7.99. The molecule has 8 rings (SSSR count). The summed E-state index contributed by atoms with van der Waals surface area (Å²) in [5.74, 6) is 0. The Balaban J connectivity index is 1.37. The van der Waals surface area contributed by atoms with E-state index in [-0.39, 0.29) is 0 Å². The third-order valence-electron chi connectivity index (χ3n) is 7.49. The number of hydrogen-bond acceptors (Lipinski definition) is 2. The molecule has 0 aliphatic carbocycles. The molecule has 172 valence electrons. The number of fused-ring (bicyclic) bond motifs is 8. The first-order valence-corrected chi connectivity index (χ1v) is 13.4. The molecule has 0 N–H and O–H groups in total. The average Bonchev–Trinajstić information content (AvgIpc) is 3.36. The third-order valence-corrected chi connectivity index (χ3v) is 8.78. The Morgan fingerprint density at radius 1 is 0.459 bits per heavy atom. The molecule has 8 aromatic rings. The van der Waals surface area contributed by atoms with Crippen LogP contribution in [-0.4, -0.2) is 4.98 Å². The van der Waals surface area contributed by atoms with Crippen LogP contribution in [0.5, 0.6) is 0 Å². The fourth-order valence-corrected chi connectivity index (χ4v) is 7.13. The average molecular weight is 488 g/mol. The summed E-state index contributed by atoms with van der Waals surface area (Å²) in [6.07, 6.45) is 1.89. The molecular formula is C35H21NS. The summed E-state index contributed by atoms with van der Waals surface area (Å²) >= 11 is 1.91. The van der Waals surface area contributed by atoms with Crippen LogP contribution in [0.3, 0.4) is 0 Å². The van der Waals surface area contributed by atoms with Crippen LogP contribution in [0.4, 0.5) is 0 Å². The molecule has 37 heavy (non-hydrogen) atoms. The molecule has 0 spiro atoms. The highest BCUT2D eigenvalue weighted by Gasteiger charge is 2.14. The van der Waals surface area contributed by atoms with Gasteiger partial charge in [0.2, 0.25) is 0 Å². The number of hydrogen-bond donors (Lipinski definition) is 0. The highest BCUT2D eigenvalue weighted by Crippen LogP contribution is 2.43. The first kappa shape index (κ1) is 20.6. The van der Waals surface area contributed by atoms with Crippen molar-refractivity contribution in [2.75, 3.05) is 0 Å². The fourth-order valence-electron chi connectivity index (χ4n) is 5.76. The number of aromatic nitrogens is 1. The number of thiophene rings is 1. The van der Waals surface area contributed by atoms with Crippen molar-refractivity contribution in [2.24, 2.45) is 0 Å². The third kappa shape index (κ3) is 3.13. The Kier molecular flexibility index (Phi) is 4.46. The normalized spacial score (nSPS) is 11.8. The lowest BCUT2D eigenvalue weighted by Gasteiger charge is -2.11. The van der Waals surface area contributed by atoms with Gasteiger partial charge >= 0.3 is 0 Å². The monoisotopic (exact) mass is 487 g/mol. The molecular weight excluding hydrogens is 466 g/mol. The highest BCUT2D eigenvalue weighted by molar-refractivity contribution is 7.27. The van der Waals surface area contributed by atoms with Crippen LogP contribution in [0.15, 0.2) is 128 Å². The van der Waals surface area contributed by atoms with Gasteiger partial charge in [0.1, 0.15) is 0 Å². The molecule has 2 heteroatoms. The predicted molar refractivity (Wildman–Crippen MR) is 161 cm³/mol. The van der Waals surface area contributed by atoms with Crippen LogP contribution in [0.2, 0.25) is 0 Å². The van der Waals surface area contributed by atoms with Crippen molar-refractivity contribution in [3.05, 3.63) is 128 Å². The molecule has 2 aromatic heterocycles. The summed E-state index contributed by atoms with van der Waals surface area (Å²) in [5.41, 5.74) is 6.01. The van der Waals surface area contributed by atoms with Gasteiger partial charge in [-0.15, -0.1) is 11.3 Å². The zero-order valence-electron chi connectivity index (χ0n) is 20.0. The molecule has 0 radical (unpaired) electrons. The van der Waals surface area contributed by atoms with Crippen LogP contribution in [0.25, 0.3) is 74.9 Å². The van der Waals surface area contributed by atoms with Crippen LogP contribution in [0, 0.1) is 0 Å². The number of benzene rings is 6. The lowest BCUT2D eigenvalue weighted by atomic mass is 9.93. The Labute approximate surface area is 218 Å². The molecule has 1 nitrogen and oxygen atoms in total. The lowest BCUT2D eigenvalue weighted by molar-refractivity contribution is 1.43. The zero-order chi connectivity index (χ0) is 24.3. The Morgan fingerprint density at radius 2 is 1.14 bits per heavy atom. The number of pyridine rings is 1. The summed E-state index contributed by atoms with van der Waals surface area (Å²) < 4.78 is 2.71. The Bertz CT molecular complexity index is 2150. The van der Waals surface area contributed by atoms with Crippen LogP contribution >= 0.6 is 11.3 Å². The van der Waals surface area contributed by atoms with Crippen molar-refractivity contribution in [3.63, 3.8) is 0 Å². The Hall–Kier alpha value is -4.53. The van der Waals surface area contributed by atoms with E-state index in [1.807, 2.05) is 23.6 Å². The van der Waals surface area contributed by atoms with Gasteiger partial charge in [-0.1, -0.05) is 109 Å². The van der Waals surface area contributed by atoms with E-state index >= 15 is 0 Å². The van der Waals surface area contributed by atoms with Gasteiger partial charge in [0, 0.05) is 37.1 Å². The van der Waals surface area contributed by atoms with E-state index in [2.05, 4.69) is 115 Å². The van der Waals surface area contributed by atoms with Crippen molar-refractivity contribution in [2.45, 2.75) is 0 Å². The summed E-state index contributed by atoms with van der Waals surface area (Å²) in [6.45, 7) is 0. The van der Waals surface area contributed by atoms with Crippen LogP contribution in [-0.2, 0) is 0 Å². The second-order valence-electron chi connectivity index (χ2n) is 9.57. The molecule has 0 aliphatic rings. The quantitative estimate of drug-likeness (QED) is 0.221. The Morgan fingerprint density at radius 3 is 2.11 bits per heavy atom. The van der Waals surface area contributed by atoms with Gasteiger partial charge in [-0.05, 0) is 50.5 Å². The van der Waals surface area contributed by atoms with Gasteiger partial charge < -0.3 is 0 Å². The van der Waals surface area contributed by atoms with E-state index in [0.29, 0.717) is 0 Å².